The van der Waals surface area contributed by atoms with Crippen LogP contribution in [0.3, 0.4) is 0 Å². The van der Waals surface area contributed by atoms with Crippen LogP contribution in [0.2, 0.25) is 0 Å². The molecule has 2 atom stereocenters. The minimum atomic E-state index is -1.31. The molecule has 128 valence electrons. The lowest BCUT2D eigenvalue weighted by Crippen LogP contribution is -2.48. The molecule has 0 saturated heterocycles. The number of carbonyl (C=O) groups is 3. The molecule has 11 heteroatoms. The van der Waals surface area contributed by atoms with Gasteiger partial charge in [-0.1, -0.05) is 0 Å². The van der Waals surface area contributed by atoms with Gasteiger partial charge >= 0.3 is 11.9 Å². The Bertz CT molecular complexity index is 410. The first kappa shape index (κ1) is 21.9. The van der Waals surface area contributed by atoms with Gasteiger partial charge in [-0.05, 0) is 19.3 Å². The predicted octanol–water partition coefficient (Wildman–Crippen LogP) is -3.02. The van der Waals surface area contributed by atoms with Crippen LogP contribution in [0.25, 0.3) is 0 Å². The van der Waals surface area contributed by atoms with E-state index in [1.54, 1.807) is 0 Å². The summed E-state index contributed by atoms with van der Waals surface area (Å²) in [6, 6.07) is -2.19. The van der Waals surface area contributed by atoms with Crippen LogP contribution in [0.4, 0.5) is 0 Å². The zero-order chi connectivity index (χ0) is 16.4. The lowest BCUT2D eigenvalue weighted by molar-refractivity contribution is -0.143. The summed E-state index contributed by atoms with van der Waals surface area (Å²) >= 11 is 0. The quantitative estimate of drug-likeness (QED) is 0.137. The smallest absolute Gasteiger partial charge is 0.326 e. The Morgan fingerprint density at radius 1 is 1.14 bits per heavy atom. The Morgan fingerprint density at radius 3 is 2.18 bits per heavy atom. The first-order valence-corrected chi connectivity index (χ1v) is 6.30. The average Bonchev–Trinajstić information content (AvgIpc) is 2.38. The number of aliphatic imine (C=N–C) groups is 1. The number of hydrogen-bond donors (Lipinski definition) is 6. The normalized spacial score (nSPS) is 12.4. The summed E-state index contributed by atoms with van der Waals surface area (Å²) in [6.45, 7) is 0.310. The van der Waals surface area contributed by atoms with Crippen molar-refractivity contribution in [3.8, 4) is 0 Å². The zero-order valence-electron chi connectivity index (χ0n) is 12.0. The van der Waals surface area contributed by atoms with Gasteiger partial charge in [-0.15, -0.1) is 0 Å². The van der Waals surface area contributed by atoms with Gasteiger partial charge in [-0.2, -0.15) is 0 Å². The van der Waals surface area contributed by atoms with E-state index < -0.39 is 29.9 Å². The number of nitrogens with one attached hydrogen (secondary N) is 1. The molecule has 0 aliphatic carbocycles. The summed E-state index contributed by atoms with van der Waals surface area (Å²) in [5.74, 6) is -3.17. The van der Waals surface area contributed by atoms with Gasteiger partial charge in [0.1, 0.15) is 6.04 Å². The highest BCUT2D eigenvalue weighted by atomic mass is 16.4. The highest BCUT2D eigenvalue weighted by molar-refractivity contribution is 5.87. The molecule has 0 aromatic rings. The molecule has 0 aromatic carbocycles. The van der Waals surface area contributed by atoms with E-state index in [-0.39, 0.29) is 30.7 Å². The van der Waals surface area contributed by atoms with Crippen LogP contribution in [0.15, 0.2) is 4.99 Å². The maximum atomic E-state index is 11.7. The number of guanidine groups is 1. The highest BCUT2D eigenvalue weighted by Gasteiger charge is 2.23. The Labute approximate surface area is 126 Å². The molecule has 0 aliphatic rings. The van der Waals surface area contributed by atoms with Crippen molar-refractivity contribution in [1.82, 2.24) is 5.32 Å². The van der Waals surface area contributed by atoms with Gasteiger partial charge in [-0.3, -0.25) is 14.6 Å². The number of aliphatic carboxylic acids is 2. The first-order chi connectivity index (χ1) is 9.73. The second kappa shape index (κ2) is 11.3. The van der Waals surface area contributed by atoms with Crippen molar-refractivity contribution >= 4 is 23.8 Å². The summed E-state index contributed by atoms with van der Waals surface area (Å²) in [5, 5.41) is 19.6. The third-order valence-electron chi connectivity index (χ3n) is 2.57. The molecular weight excluding hydrogens is 298 g/mol. The van der Waals surface area contributed by atoms with E-state index in [2.05, 4.69) is 10.3 Å². The number of amides is 1. The molecule has 0 rings (SSSR count). The molecule has 0 heterocycles. The third-order valence-corrected chi connectivity index (χ3v) is 2.57. The number of hydrogen-bond acceptors (Lipinski definition) is 5. The van der Waals surface area contributed by atoms with E-state index in [9.17, 15) is 14.4 Å². The second-order valence-electron chi connectivity index (χ2n) is 4.39. The SMILES string of the molecule is NC(N)=NCCC[C@H](N)C(=O)N[C@@H](CCC(=O)O)C(=O)O.O. The van der Waals surface area contributed by atoms with Gasteiger partial charge in [0.2, 0.25) is 5.91 Å². The molecule has 0 aromatic heterocycles. The van der Waals surface area contributed by atoms with E-state index in [0.29, 0.717) is 13.0 Å². The Morgan fingerprint density at radius 2 is 1.73 bits per heavy atom. The number of nitrogens with two attached hydrogens (primary N) is 3. The number of carboxylic acid groups (broad SMARTS) is 2. The van der Waals surface area contributed by atoms with E-state index in [0.717, 1.165) is 0 Å². The summed E-state index contributed by atoms with van der Waals surface area (Å²) in [6.07, 6.45) is 0.154. The second-order valence-corrected chi connectivity index (χ2v) is 4.39. The van der Waals surface area contributed by atoms with Crippen LogP contribution in [-0.4, -0.2) is 58.1 Å². The standard InChI is InChI=1S/C11H21N5O5.H2O/c12-6(2-1-5-15-11(13)14)9(19)16-7(10(20)21)3-4-8(17)18;/h6-7H,1-5,12H2,(H,16,19)(H,17,18)(H,20,21)(H4,13,14,15);1H2/t6-,7-;/m0./s1. The van der Waals surface area contributed by atoms with Crippen LogP contribution in [0.1, 0.15) is 25.7 Å². The van der Waals surface area contributed by atoms with E-state index in [4.69, 9.17) is 27.4 Å². The van der Waals surface area contributed by atoms with E-state index in [1.165, 1.54) is 0 Å². The summed E-state index contributed by atoms with van der Waals surface area (Å²) in [7, 11) is 0. The number of nitrogens with zero attached hydrogens (tertiary/aromatic N) is 1. The van der Waals surface area contributed by atoms with Crippen molar-refractivity contribution in [3.63, 3.8) is 0 Å². The summed E-state index contributed by atoms with van der Waals surface area (Å²) in [5.41, 5.74) is 15.9. The Balaban J connectivity index is 0. The number of carboxylic acids is 2. The maximum absolute atomic E-state index is 11.7. The fourth-order valence-corrected chi connectivity index (χ4v) is 1.45. The topological polar surface area (TPSA) is 226 Å². The molecule has 0 unspecified atom stereocenters. The lowest BCUT2D eigenvalue weighted by atomic mass is 10.1. The molecule has 0 fully saturated rings. The van der Waals surface area contributed by atoms with E-state index >= 15 is 0 Å². The Kier molecular flexibility index (Phi) is 11.2. The van der Waals surface area contributed by atoms with Gasteiger partial charge in [0.25, 0.3) is 0 Å². The minimum Gasteiger partial charge on any atom is -0.481 e. The maximum Gasteiger partial charge on any atom is 0.326 e. The van der Waals surface area contributed by atoms with Crippen LogP contribution >= 0.6 is 0 Å². The van der Waals surface area contributed by atoms with Crippen molar-refractivity contribution in [1.29, 1.82) is 0 Å². The molecule has 1 amide bonds. The molecule has 11 N–H and O–H groups in total. The molecular formula is C11H23N5O6. The molecule has 0 bridgehead atoms. The summed E-state index contributed by atoms with van der Waals surface area (Å²) in [4.78, 5) is 36.7. The molecule has 0 spiro atoms. The van der Waals surface area contributed by atoms with E-state index in [1.807, 2.05) is 0 Å². The van der Waals surface area contributed by atoms with Crippen molar-refractivity contribution in [2.45, 2.75) is 37.8 Å². The average molecular weight is 321 g/mol. The van der Waals surface area contributed by atoms with Crippen molar-refractivity contribution in [3.05, 3.63) is 0 Å². The molecule has 22 heavy (non-hydrogen) atoms. The van der Waals surface area contributed by atoms with Gasteiger partial charge in [0.05, 0.1) is 6.04 Å². The van der Waals surface area contributed by atoms with Crippen LogP contribution in [0.5, 0.6) is 0 Å². The fraction of sp³-hybridized carbons (Fsp3) is 0.636. The number of rotatable bonds is 10. The van der Waals surface area contributed by atoms with Crippen molar-refractivity contribution < 1.29 is 30.1 Å². The first-order valence-electron chi connectivity index (χ1n) is 6.30. The molecule has 0 radical (unpaired) electrons. The van der Waals surface area contributed by atoms with Gasteiger partial charge in [0.15, 0.2) is 5.96 Å². The highest BCUT2D eigenvalue weighted by Crippen LogP contribution is 2.01. The third kappa shape index (κ3) is 10.4. The van der Waals surface area contributed by atoms with Crippen LogP contribution in [0, 0.1) is 0 Å². The largest absolute Gasteiger partial charge is 0.481 e. The minimum absolute atomic E-state index is 0. The molecule has 11 nitrogen and oxygen atoms in total. The lowest BCUT2D eigenvalue weighted by Gasteiger charge is -2.17. The van der Waals surface area contributed by atoms with Crippen LogP contribution < -0.4 is 22.5 Å². The monoisotopic (exact) mass is 321 g/mol. The Hall–Kier alpha value is -2.40. The van der Waals surface area contributed by atoms with Crippen molar-refractivity contribution in [2.75, 3.05) is 6.54 Å². The predicted molar refractivity (Wildman–Crippen MR) is 77.9 cm³/mol. The van der Waals surface area contributed by atoms with Gasteiger partial charge in [0, 0.05) is 13.0 Å². The molecule has 0 aliphatic heterocycles. The van der Waals surface area contributed by atoms with Crippen LogP contribution in [-0.2, 0) is 14.4 Å². The fourth-order valence-electron chi connectivity index (χ4n) is 1.45. The summed E-state index contributed by atoms with van der Waals surface area (Å²) < 4.78 is 0. The molecule has 0 saturated carbocycles. The van der Waals surface area contributed by atoms with Gasteiger partial charge in [-0.25, -0.2) is 4.79 Å². The zero-order valence-corrected chi connectivity index (χ0v) is 12.0. The number of carbonyl (C=O) groups excluding carboxylic acids is 1. The van der Waals surface area contributed by atoms with Crippen molar-refractivity contribution in [2.24, 2.45) is 22.2 Å². The van der Waals surface area contributed by atoms with Gasteiger partial charge < -0.3 is 38.2 Å².